The maximum Gasteiger partial charge on any atom is 0.303 e. The molecule has 2 aromatic rings. The van der Waals surface area contributed by atoms with Crippen molar-refractivity contribution >= 4 is 11.9 Å². The van der Waals surface area contributed by atoms with E-state index in [0.717, 1.165) is 11.3 Å². The van der Waals surface area contributed by atoms with Gasteiger partial charge in [-0.15, -0.1) is 0 Å². The molecule has 0 aliphatic rings. The number of amides is 1. The van der Waals surface area contributed by atoms with Crippen LogP contribution in [-0.4, -0.2) is 40.4 Å². The van der Waals surface area contributed by atoms with E-state index < -0.39 is 5.97 Å². The largest absolute Gasteiger partial charge is 0.497 e. The first-order valence-corrected chi connectivity index (χ1v) is 7.24. The van der Waals surface area contributed by atoms with Gasteiger partial charge in [0.1, 0.15) is 5.75 Å². The van der Waals surface area contributed by atoms with Crippen LogP contribution in [0.5, 0.6) is 5.75 Å². The Kier molecular flexibility index (Phi) is 5.74. The van der Waals surface area contributed by atoms with E-state index in [0.29, 0.717) is 25.1 Å². The summed E-state index contributed by atoms with van der Waals surface area (Å²) in [5.41, 5.74) is 1.50. The third-order valence-electron chi connectivity index (χ3n) is 3.25. The van der Waals surface area contributed by atoms with Crippen LogP contribution in [0, 0.1) is 0 Å². The molecule has 1 aromatic heterocycles. The highest BCUT2D eigenvalue weighted by Crippen LogP contribution is 2.12. The van der Waals surface area contributed by atoms with Crippen molar-refractivity contribution in [3.8, 4) is 5.75 Å². The molecule has 0 unspecified atom stereocenters. The first-order valence-electron chi connectivity index (χ1n) is 7.24. The van der Waals surface area contributed by atoms with Crippen LogP contribution in [0.15, 0.2) is 36.7 Å². The summed E-state index contributed by atoms with van der Waals surface area (Å²) in [6.07, 6.45) is 3.60. The number of carbonyl (C=O) groups is 2. The van der Waals surface area contributed by atoms with Crippen molar-refractivity contribution in [3.05, 3.63) is 47.8 Å². The number of nitrogens with one attached hydrogen (secondary N) is 1. The molecule has 0 aliphatic heterocycles. The molecule has 0 fully saturated rings. The van der Waals surface area contributed by atoms with Gasteiger partial charge in [0.15, 0.2) is 0 Å². The highest BCUT2D eigenvalue weighted by molar-refractivity contribution is 5.93. The number of hydrogen-bond donors (Lipinski definition) is 2. The molecule has 0 aliphatic carbocycles. The van der Waals surface area contributed by atoms with Crippen molar-refractivity contribution in [2.75, 3.05) is 13.7 Å². The molecular formula is C16H19N3O4. The van der Waals surface area contributed by atoms with Gasteiger partial charge >= 0.3 is 5.97 Å². The summed E-state index contributed by atoms with van der Waals surface area (Å²) in [6, 6.07) is 7.61. The third-order valence-corrected chi connectivity index (χ3v) is 3.25. The molecule has 2 N–H and O–H groups in total. The smallest absolute Gasteiger partial charge is 0.303 e. The van der Waals surface area contributed by atoms with Crippen molar-refractivity contribution in [3.63, 3.8) is 0 Å². The number of nitrogens with zero attached hydrogens (tertiary/aromatic N) is 2. The van der Waals surface area contributed by atoms with Crippen LogP contribution in [-0.2, 0) is 11.3 Å². The van der Waals surface area contributed by atoms with Gasteiger partial charge in [-0.2, -0.15) is 5.10 Å². The number of ether oxygens (including phenoxy) is 1. The first-order chi connectivity index (χ1) is 11.1. The zero-order valence-electron chi connectivity index (χ0n) is 12.9. The molecule has 0 atom stereocenters. The van der Waals surface area contributed by atoms with Gasteiger partial charge in [0.25, 0.3) is 5.91 Å². The fraction of sp³-hybridized carbons (Fsp3) is 0.312. The summed E-state index contributed by atoms with van der Waals surface area (Å²) in [4.78, 5) is 22.3. The van der Waals surface area contributed by atoms with Crippen molar-refractivity contribution in [2.45, 2.75) is 19.4 Å². The highest BCUT2D eigenvalue weighted by Gasteiger charge is 2.08. The monoisotopic (exact) mass is 317 g/mol. The van der Waals surface area contributed by atoms with Crippen LogP contribution in [0.2, 0.25) is 0 Å². The topological polar surface area (TPSA) is 93.5 Å². The van der Waals surface area contributed by atoms with E-state index in [4.69, 9.17) is 9.84 Å². The molecule has 0 bridgehead atoms. The quantitative estimate of drug-likeness (QED) is 0.720. The zero-order chi connectivity index (χ0) is 16.7. The van der Waals surface area contributed by atoms with E-state index >= 15 is 0 Å². The Balaban J connectivity index is 1.86. The lowest BCUT2D eigenvalue weighted by atomic mass is 10.2. The van der Waals surface area contributed by atoms with Crippen molar-refractivity contribution in [1.82, 2.24) is 15.1 Å². The van der Waals surface area contributed by atoms with Crippen LogP contribution < -0.4 is 10.1 Å². The molecule has 0 radical (unpaired) electrons. The second-order valence-corrected chi connectivity index (χ2v) is 5.03. The number of benzene rings is 1. The fourth-order valence-corrected chi connectivity index (χ4v) is 2.03. The normalized spacial score (nSPS) is 10.3. The molecule has 2 rings (SSSR count). The maximum atomic E-state index is 11.9. The Morgan fingerprint density at radius 3 is 2.70 bits per heavy atom. The lowest BCUT2D eigenvalue weighted by molar-refractivity contribution is -0.137. The van der Waals surface area contributed by atoms with Gasteiger partial charge in [0.2, 0.25) is 0 Å². The van der Waals surface area contributed by atoms with Gasteiger partial charge in [0, 0.05) is 19.2 Å². The van der Waals surface area contributed by atoms with E-state index in [2.05, 4.69) is 10.4 Å². The average Bonchev–Trinajstić information content (AvgIpc) is 3.00. The summed E-state index contributed by atoms with van der Waals surface area (Å²) in [6.45, 7) is 0.880. The van der Waals surface area contributed by atoms with Gasteiger partial charge in [0.05, 0.1) is 25.4 Å². The van der Waals surface area contributed by atoms with Crippen molar-refractivity contribution in [2.24, 2.45) is 0 Å². The summed E-state index contributed by atoms with van der Waals surface area (Å²) in [5.74, 6) is -0.335. The minimum Gasteiger partial charge on any atom is -0.497 e. The molecule has 1 aromatic carbocycles. The summed E-state index contributed by atoms with van der Waals surface area (Å²) in [5, 5.41) is 15.4. The first kappa shape index (κ1) is 16.5. The number of methoxy groups -OCH3 is 1. The summed E-state index contributed by atoms with van der Waals surface area (Å²) >= 11 is 0. The van der Waals surface area contributed by atoms with E-state index in [1.165, 1.54) is 6.20 Å². The number of hydrogen-bond acceptors (Lipinski definition) is 4. The van der Waals surface area contributed by atoms with E-state index in [1.54, 1.807) is 18.0 Å². The fourth-order valence-electron chi connectivity index (χ4n) is 2.03. The highest BCUT2D eigenvalue weighted by atomic mass is 16.5. The lowest BCUT2D eigenvalue weighted by Gasteiger charge is -2.04. The third kappa shape index (κ3) is 5.14. The Hall–Kier alpha value is -2.83. The van der Waals surface area contributed by atoms with E-state index in [-0.39, 0.29) is 12.3 Å². The number of carboxylic acids is 1. The number of aliphatic carboxylic acids is 1. The second-order valence-electron chi connectivity index (χ2n) is 5.03. The molecule has 1 heterocycles. The minimum absolute atomic E-state index is 0.0387. The molecule has 122 valence electrons. The van der Waals surface area contributed by atoms with Crippen LogP contribution in [0.25, 0.3) is 0 Å². The molecule has 0 saturated carbocycles. The number of aromatic nitrogens is 2. The SMILES string of the molecule is COc1ccc(Cn2cc(C(=O)NCCCC(=O)O)cn2)cc1. The van der Waals surface area contributed by atoms with Crippen LogP contribution >= 0.6 is 0 Å². The molecule has 7 nitrogen and oxygen atoms in total. The second kappa shape index (κ2) is 7.98. The van der Waals surface area contributed by atoms with Gasteiger partial charge < -0.3 is 15.2 Å². The predicted molar refractivity (Wildman–Crippen MR) is 83.5 cm³/mol. The number of carbonyl (C=O) groups excluding carboxylic acids is 1. The average molecular weight is 317 g/mol. The molecule has 0 spiro atoms. The number of carboxylic acid groups (broad SMARTS) is 1. The van der Waals surface area contributed by atoms with Crippen LogP contribution in [0.1, 0.15) is 28.8 Å². The Bertz CT molecular complexity index is 664. The maximum absolute atomic E-state index is 11.9. The Morgan fingerprint density at radius 2 is 2.04 bits per heavy atom. The van der Waals surface area contributed by atoms with Crippen LogP contribution in [0.3, 0.4) is 0 Å². The van der Waals surface area contributed by atoms with Crippen molar-refractivity contribution < 1.29 is 19.4 Å². The molecule has 1 amide bonds. The van der Waals surface area contributed by atoms with Gasteiger partial charge in [-0.1, -0.05) is 12.1 Å². The molecule has 23 heavy (non-hydrogen) atoms. The molecule has 0 saturated heterocycles. The number of rotatable bonds is 8. The summed E-state index contributed by atoms with van der Waals surface area (Å²) < 4.78 is 6.78. The van der Waals surface area contributed by atoms with Gasteiger partial charge in [-0.05, 0) is 24.1 Å². The molecular weight excluding hydrogens is 298 g/mol. The van der Waals surface area contributed by atoms with Gasteiger partial charge in [-0.3, -0.25) is 14.3 Å². The Morgan fingerprint density at radius 1 is 1.30 bits per heavy atom. The minimum atomic E-state index is -0.869. The summed E-state index contributed by atoms with van der Waals surface area (Å²) in [7, 11) is 1.61. The van der Waals surface area contributed by atoms with Crippen molar-refractivity contribution in [1.29, 1.82) is 0 Å². The molecule has 7 heteroatoms. The Labute approximate surface area is 133 Å². The zero-order valence-corrected chi connectivity index (χ0v) is 12.9. The predicted octanol–water partition coefficient (Wildman–Crippen LogP) is 1.53. The standard InChI is InChI=1S/C16H19N3O4/c1-23-14-6-4-12(5-7-14)10-19-11-13(9-18-19)16(22)17-8-2-3-15(20)21/h4-7,9,11H,2-3,8,10H2,1H3,(H,17,22)(H,20,21). The van der Waals surface area contributed by atoms with Crippen LogP contribution in [0.4, 0.5) is 0 Å². The van der Waals surface area contributed by atoms with Gasteiger partial charge in [-0.25, -0.2) is 0 Å². The van der Waals surface area contributed by atoms with E-state index in [9.17, 15) is 9.59 Å². The lowest BCUT2D eigenvalue weighted by Crippen LogP contribution is -2.24. The van der Waals surface area contributed by atoms with E-state index in [1.807, 2.05) is 24.3 Å².